The van der Waals surface area contributed by atoms with E-state index in [-0.39, 0.29) is 17.8 Å². The fraction of sp³-hybridized carbons (Fsp3) is 0.200. The molecule has 1 heterocycles. The summed E-state index contributed by atoms with van der Waals surface area (Å²) in [4.78, 5) is 23.5. The average molecular weight is 444 g/mol. The van der Waals surface area contributed by atoms with Crippen molar-refractivity contribution in [1.82, 2.24) is 9.88 Å². The van der Waals surface area contributed by atoms with Crippen LogP contribution in [0.15, 0.2) is 54.1 Å². The molecule has 0 spiro atoms. The lowest BCUT2D eigenvalue weighted by Crippen LogP contribution is -2.23. The molecule has 8 heteroatoms. The van der Waals surface area contributed by atoms with Crippen molar-refractivity contribution in [2.24, 2.45) is 0 Å². The first-order valence-corrected chi connectivity index (χ1v) is 10.2. The fourth-order valence-corrected chi connectivity index (χ4v) is 3.59. The second kappa shape index (κ2) is 9.83. The maximum Gasteiger partial charge on any atom is 0.274 e. The second-order valence-corrected chi connectivity index (χ2v) is 7.59. The zero-order chi connectivity index (χ0) is 24.1. The first kappa shape index (κ1) is 23.3. The molecule has 8 nitrogen and oxygen atoms in total. The Bertz CT molecular complexity index is 1280. The number of nitro groups is 1. The molecular formula is C25H24N4O4. The summed E-state index contributed by atoms with van der Waals surface area (Å²) in [6.07, 6.45) is 1.53. The number of nitrogens with one attached hydrogen (secondary N) is 1. The number of hydrogen-bond donors (Lipinski definition) is 1. The number of amides is 1. The molecule has 1 aromatic heterocycles. The van der Waals surface area contributed by atoms with Crippen LogP contribution in [0.25, 0.3) is 11.8 Å². The van der Waals surface area contributed by atoms with Gasteiger partial charge in [0.15, 0.2) is 0 Å². The third kappa shape index (κ3) is 5.10. The van der Waals surface area contributed by atoms with Gasteiger partial charge in [-0.25, -0.2) is 0 Å². The highest BCUT2D eigenvalue weighted by Gasteiger charge is 2.17. The Balaban J connectivity index is 1.86. The standard InChI is InChI=1S/C25H24N4O4/c1-16-5-8-22(13-24(16)29(31)32)28-17(2)11-20(18(28)3)12-21(14-26)25(30)27-15-19-6-9-23(33-4)10-7-19/h5-13H,15H2,1-4H3,(H,27,30)/b21-12-. The van der Waals surface area contributed by atoms with Gasteiger partial charge in [0.1, 0.15) is 17.4 Å². The molecule has 0 aliphatic rings. The topological polar surface area (TPSA) is 110 Å². The molecule has 1 N–H and O–H groups in total. The zero-order valence-corrected chi connectivity index (χ0v) is 18.9. The molecule has 0 unspecified atom stereocenters. The van der Waals surface area contributed by atoms with Gasteiger partial charge in [0.05, 0.1) is 17.7 Å². The zero-order valence-electron chi connectivity index (χ0n) is 18.9. The number of carbonyl (C=O) groups excluding carboxylic acids is 1. The van der Waals surface area contributed by atoms with E-state index >= 15 is 0 Å². The number of aromatic nitrogens is 1. The molecule has 3 aromatic rings. The average Bonchev–Trinajstić information content (AvgIpc) is 3.09. The van der Waals surface area contributed by atoms with Gasteiger partial charge in [-0.15, -0.1) is 0 Å². The molecule has 0 radical (unpaired) electrons. The maximum absolute atomic E-state index is 12.6. The lowest BCUT2D eigenvalue weighted by Gasteiger charge is -2.10. The van der Waals surface area contributed by atoms with Gasteiger partial charge in [-0.2, -0.15) is 5.26 Å². The Kier molecular flexibility index (Phi) is 6.94. The van der Waals surface area contributed by atoms with Gasteiger partial charge < -0.3 is 14.6 Å². The second-order valence-electron chi connectivity index (χ2n) is 7.59. The summed E-state index contributed by atoms with van der Waals surface area (Å²) in [5, 5.41) is 23.6. The van der Waals surface area contributed by atoms with E-state index in [9.17, 15) is 20.2 Å². The van der Waals surface area contributed by atoms with Gasteiger partial charge in [0, 0.05) is 29.6 Å². The minimum atomic E-state index is -0.482. The molecule has 0 aliphatic carbocycles. The Morgan fingerprint density at radius 3 is 2.48 bits per heavy atom. The van der Waals surface area contributed by atoms with Gasteiger partial charge in [0.25, 0.3) is 11.6 Å². The fourth-order valence-electron chi connectivity index (χ4n) is 3.59. The van der Waals surface area contributed by atoms with Crippen LogP contribution in [0.4, 0.5) is 5.69 Å². The largest absolute Gasteiger partial charge is 0.497 e. The highest BCUT2D eigenvalue weighted by Crippen LogP contribution is 2.27. The Morgan fingerprint density at radius 1 is 1.18 bits per heavy atom. The quantitative estimate of drug-likeness (QED) is 0.249. The maximum atomic E-state index is 12.6. The Morgan fingerprint density at radius 2 is 1.88 bits per heavy atom. The first-order chi connectivity index (χ1) is 15.7. The number of nitrogens with zero attached hydrogens (tertiary/aromatic N) is 3. The highest BCUT2D eigenvalue weighted by molar-refractivity contribution is 6.01. The van der Waals surface area contributed by atoms with Gasteiger partial charge in [-0.05, 0) is 62.2 Å². The van der Waals surface area contributed by atoms with Crippen LogP contribution in [0.2, 0.25) is 0 Å². The normalized spacial score (nSPS) is 11.1. The molecule has 0 saturated carbocycles. The monoisotopic (exact) mass is 444 g/mol. The third-order valence-corrected chi connectivity index (χ3v) is 5.39. The molecular weight excluding hydrogens is 420 g/mol. The van der Waals surface area contributed by atoms with Crippen LogP contribution in [0, 0.1) is 42.2 Å². The molecule has 168 valence electrons. The van der Waals surface area contributed by atoms with Crippen LogP contribution in [-0.4, -0.2) is 22.5 Å². The molecule has 0 aliphatic heterocycles. The Labute approximate surface area is 191 Å². The van der Waals surface area contributed by atoms with Crippen molar-refractivity contribution < 1.29 is 14.5 Å². The molecule has 2 aromatic carbocycles. The summed E-state index contributed by atoms with van der Waals surface area (Å²) < 4.78 is 6.98. The van der Waals surface area contributed by atoms with E-state index in [0.717, 1.165) is 22.7 Å². The number of methoxy groups -OCH3 is 1. The van der Waals surface area contributed by atoms with Crippen LogP contribution in [0.3, 0.4) is 0 Å². The van der Waals surface area contributed by atoms with Crippen LogP contribution in [0.1, 0.15) is 28.1 Å². The molecule has 1 amide bonds. The Hall–Kier alpha value is -4.38. The van der Waals surface area contributed by atoms with Gasteiger partial charge in [0.2, 0.25) is 0 Å². The van der Waals surface area contributed by atoms with E-state index in [1.807, 2.05) is 48.7 Å². The van der Waals surface area contributed by atoms with Crippen molar-refractivity contribution in [2.75, 3.05) is 7.11 Å². The lowest BCUT2D eigenvalue weighted by molar-refractivity contribution is -0.385. The van der Waals surface area contributed by atoms with Crippen LogP contribution in [0.5, 0.6) is 5.75 Å². The van der Waals surface area contributed by atoms with Crippen molar-refractivity contribution >= 4 is 17.7 Å². The van der Waals surface area contributed by atoms with Crippen molar-refractivity contribution in [3.8, 4) is 17.5 Å². The predicted octanol–water partition coefficient (Wildman–Crippen LogP) is 4.54. The number of ether oxygens (including phenoxy) is 1. The third-order valence-electron chi connectivity index (χ3n) is 5.39. The summed E-state index contributed by atoms with van der Waals surface area (Å²) in [5.41, 5.74) is 4.38. The van der Waals surface area contributed by atoms with Crippen molar-refractivity contribution in [3.05, 3.63) is 92.3 Å². The SMILES string of the molecule is COc1ccc(CNC(=O)/C(C#N)=C\c2cc(C)n(-c3ccc(C)c([N+](=O)[O-])c3)c2C)cc1. The van der Waals surface area contributed by atoms with Gasteiger partial charge in [-0.1, -0.05) is 18.2 Å². The molecule has 0 atom stereocenters. The minimum Gasteiger partial charge on any atom is -0.497 e. The summed E-state index contributed by atoms with van der Waals surface area (Å²) in [6, 6.07) is 16.1. The van der Waals surface area contributed by atoms with Crippen LogP contribution < -0.4 is 10.1 Å². The number of hydrogen-bond acceptors (Lipinski definition) is 5. The number of aryl methyl sites for hydroxylation is 2. The highest BCUT2D eigenvalue weighted by atomic mass is 16.6. The smallest absolute Gasteiger partial charge is 0.274 e. The van der Waals surface area contributed by atoms with Crippen molar-refractivity contribution in [2.45, 2.75) is 27.3 Å². The molecule has 0 bridgehead atoms. The van der Waals surface area contributed by atoms with E-state index in [2.05, 4.69) is 5.32 Å². The molecule has 3 rings (SSSR count). The van der Waals surface area contributed by atoms with E-state index in [0.29, 0.717) is 16.8 Å². The summed E-state index contributed by atoms with van der Waals surface area (Å²) in [5.74, 6) is 0.237. The molecule has 0 saturated heterocycles. The van der Waals surface area contributed by atoms with Gasteiger partial charge in [-0.3, -0.25) is 14.9 Å². The summed E-state index contributed by atoms with van der Waals surface area (Å²) in [6.45, 7) is 5.67. The van der Waals surface area contributed by atoms with Crippen LogP contribution in [-0.2, 0) is 11.3 Å². The molecule has 0 fully saturated rings. The number of benzene rings is 2. The first-order valence-electron chi connectivity index (χ1n) is 10.2. The van der Waals surface area contributed by atoms with E-state index in [1.54, 1.807) is 32.2 Å². The van der Waals surface area contributed by atoms with E-state index in [4.69, 9.17) is 4.74 Å². The summed E-state index contributed by atoms with van der Waals surface area (Å²) in [7, 11) is 1.58. The van der Waals surface area contributed by atoms with E-state index < -0.39 is 10.8 Å². The van der Waals surface area contributed by atoms with Gasteiger partial charge >= 0.3 is 0 Å². The minimum absolute atomic E-state index is 0.0290. The number of rotatable bonds is 7. The molecule has 33 heavy (non-hydrogen) atoms. The van der Waals surface area contributed by atoms with E-state index in [1.165, 1.54) is 12.1 Å². The number of nitriles is 1. The van der Waals surface area contributed by atoms with Crippen LogP contribution >= 0.6 is 0 Å². The number of carbonyl (C=O) groups is 1. The lowest BCUT2D eigenvalue weighted by atomic mass is 10.1. The number of nitro benzene ring substituents is 1. The van der Waals surface area contributed by atoms with Crippen molar-refractivity contribution in [1.29, 1.82) is 5.26 Å². The predicted molar refractivity (Wildman–Crippen MR) is 125 cm³/mol. The van der Waals surface area contributed by atoms with Crippen molar-refractivity contribution in [3.63, 3.8) is 0 Å². The summed E-state index contributed by atoms with van der Waals surface area (Å²) >= 11 is 0.